The van der Waals surface area contributed by atoms with Gasteiger partial charge in [0.1, 0.15) is 0 Å². The average Bonchev–Trinajstić information content (AvgIpc) is 2.41. The van der Waals surface area contributed by atoms with E-state index in [4.69, 9.17) is 10.5 Å². The predicted octanol–water partition coefficient (Wildman–Crippen LogP) is 3.23. The first-order valence-corrected chi connectivity index (χ1v) is 6.58. The molecule has 0 amide bonds. The molecule has 5 heteroatoms. The van der Waals surface area contributed by atoms with Crippen molar-refractivity contribution in [3.63, 3.8) is 0 Å². The number of nitrogens with two attached hydrogens (primary N) is 1. The highest BCUT2D eigenvalue weighted by atomic mass is 79.9. The van der Waals surface area contributed by atoms with Gasteiger partial charge < -0.3 is 10.5 Å². The molecular formula is C14H14BrFN2O. The van der Waals surface area contributed by atoms with Crippen LogP contribution in [0.2, 0.25) is 0 Å². The average molecular weight is 325 g/mol. The van der Waals surface area contributed by atoms with Crippen LogP contribution in [-0.2, 0) is 6.42 Å². The van der Waals surface area contributed by atoms with Crippen molar-refractivity contribution < 1.29 is 9.13 Å². The number of benzene rings is 1. The molecule has 1 heterocycles. The maximum Gasteiger partial charge on any atom is 0.168 e. The second-order valence-corrected chi connectivity index (χ2v) is 5.10. The van der Waals surface area contributed by atoms with Crippen LogP contribution in [0.5, 0.6) is 5.75 Å². The Morgan fingerprint density at radius 2 is 2.21 bits per heavy atom. The molecule has 0 spiro atoms. The molecule has 2 aromatic rings. The molecule has 100 valence electrons. The summed E-state index contributed by atoms with van der Waals surface area (Å²) >= 11 is 3.34. The first-order valence-electron chi connectivity index (χ1n) is 5.79. The SMILES string of the molecule is COc1cccc(CC(N)c2cncc(Br)c2)c1F. The van der Waals surface area contributed by atoms with Crippen molar-refractivity contribution in [1.82, 2.24) is 4.98 Å². The molecule has 3 nitrogen and oxygen atoms in total. The first kappa shape index (κ1) is 14.0. The molecule has 2 N–H and O–H groups in total. The highest BCUT2D eigenvalue weighted by Crippen LogP contribution is 2.24. The summed E-state index contributed by atoms with van der Waals surface area (Å²) < 4.78 is 19.8. The molecule has 0 bridgehead atoms. The zero-order valence-corrected chi connectivity index (χ0v) is 12.0. The van der Waals surface area contributed by atoms with Crippen LogP contribution in [0, 0.1) is 5.82 Å². The number of aromatic nitrogens is 1. The van der Waals surface area contributed by atoms with E-state index < -0.39 is 0 Å². The van der Waals surface area contributed by atoms with E-state index in [2.05, 4.69) is 20.9 Å². The molecule has 0 fully saturated rings. The lowest BCUT2D eigenvalue weighted by molar-refractivity contribution is 0.383. The minimum atomic E-state index is -0.358. The van der Waals surface area contributed by atoms with Crippen molar-refractivity contribution in [2.45, 2.75) is 12.5 Å². The van der Waals surface area contributed by atoms with Crippen LogP contribution < -0.4 is 10.5 Å². The number of ether oxygens (including phenoxy) is 1. The minimum Gasteiger partial charge on any atom is -0.494 e. The van der Waals surface area contributed by atoms with E-state index in [1.807, 2.05) is 6.07 Å². The molecule has 0 saturated heterocycles. The third-order valence-electron chi connectivity index (χ3n) is 2.86. The molecule has 1 aromatic heterocycles. The molecule has 1 aromatic carbocycles. The van der Waals surface area contributed by atoms with E-state index in [1.54, 1.807) is 30.6 Å². The third-order valence-corrected chi connectivity index (χ3v) is 3.29. The lowest BCUT2D eigenvalue weighted by Crippen LogP contribution is -2.14. The normalized spacial score (nSPS) is 12.2. The van der Waals surface area contributed by atoms with E-state index in [0.717, 1.165) is 10.0 Å². The number of halogens is 2. The van der Waals surface area contributed by atoms with Gasteiger partial charge in [0.15, 0.2) is 11.6 Å². The Morgan fingerprint density at radius 3 is 2.89 bits per heavy atom. The molecule has 0 saturated carbocycles. The fraction of sp³-hybridized carbons (Fsp3) is 0.214. The van der Waals surface area contributed by atoms with E-state index in [0.29, 0.717) is 12.0 Å². The number of hydrogen-bond acceptors (Lipinski definition) is 3. The summed E-state index contributed by atoms with van der Waals surface area (Å²) in [4.78, 5) is 4.06. The Bertz CT molecular complexity index is 577. The summed E-state index contributed by atoms with van der Waals surface area (Å²) in [5.74, 6) is -0.125. The fourth-order valence-electron chi connectivity index (χ4n) is 1.86. The van der Waals surface area contributed by atoms with Gasteiger partial charge >= 0.3 is 0 Å². The summed E-state index contributed by atoms with van der Waals surface area (Å²) in [6.45, 7) is 0. The maximum absolute atomic E-state index is 14.0. The van der Waals surface area contributed by atoms with Crippen molar-refractivity contribution in [2.24, 2.45) is 5.73 Å². The third kappa shape index (κ3) is 3.30. The van der Waals surface area contributed by atoms with Crippen molar-refractivity contribution in [3.8, 4) is 5.75 Å². The Labute approximate surface area is 119 Å². The van der Waals surface area contributed by atoms with Crippen LogP contribution in [0.4, 0.5) is 4.39 Å². The Balaban J connectivity index is 2.21. The van der Waals surface area contributed by atoms with Gasteiger partial charge in [-0.15, -0.1) is 0 Å². The molecule has 2 rings (SSSR count). The van der Waals surface area contributed by atoms with Gasteiger partial charge in [0.2, 0.25) is 0 Å². The summed E-state index contributed by atoms with van der Waals surface area (Å²) in [5.41, 5.74) is 7.48. The van der Waals surface area contributed by atoms with Crippen LogP contribution in [0.25, 0.3) is 0 Å². The molecule has 0 aliphatic heterocycles. The topological polar surface area (TPSA) is 48.1 Å². The van der Waals surface area contributed by atoms with Crippen LogP contribution in [0.1, 0.15) is 17.2 Å². The second kappa shape index (κ2) is 6.12. The first-order chi connectivity index (χ1) is 9.11. The highest BCUT2D eigenvalue weighted by molar-refractivity contribution is 9.10. The smallest absolute Gasteiger partial charge is 0.168 e. The largest absolute Gasteiger partial charge is 0.494 e. The second-order valence-electron chi connectivity index (χ2n) is 4.18. The molecule has 19 heavy (non-hydrogen) atoms. The zero-order chi connectivity index (χ0) is 13.8. The quantitative estimate of drug-likeness (QED) is 0.939. The number of pyridine rings is 1. The summed E-state index contributed by atoms with van der Waals surface area (Å²) in [6, 6.07) is 6.62. The Kier molecular flexibility index (Phi) is 4.50. The van der Waals surface area contributed by atoms with Gasteiger partial charge in [-0.25, -0.2) is 4.39 Å². The van der Waals surface area contributed by atoms with Crippen molar-refractivity contribution in [3.05, 3.63) is 58.1 Å². The molecule has 0 aliphatic rings. The van der Waals surface area contributed by atoms with E-state index in [1.165, 1.54) is 7.11 Å². The molecule has 0 radical (unpaired) electrons. The molecular weight excluding hydrogens is 311 g/mol. The monoisotopic (exact) mass is 324 g/mol. The van der Waals surface area contributed by atoms with Gasteiger partial charge in [0.05, 0.1) is 7.11 Å². The van der Waals surface area contributed by atoms with Crippen LogP contribution in [-0.4, -0.2) is 12.1 Å². The van der Waals surface area contributed by atoms with Crippen LogP contribution in [0.3, 0.4) is 0 Å². The lowest BCUT2D eigenvalue weighted by Gasteiger charge is -2.13. The van der Waals surface area contributed by atoms with E-state index in [-0.39, 0.29) is 17.6 Å². The number of hydrogen-bond donors (Lipinski definition) is 1. The fourth-order valence-corrected chi connectivity index (χ4v) is 2.24. The number of rotatable bonds is 4. The van der Waals surface area contributed by atoms with E-state index in [9.17, 15) is 4.39 Å². The van der Waals surface area contributed by atoms with Gasteiger partial charge in [0, 0.05) is 22.9 Å². The maximum atomic E-state index is 14.0. The molecule has 0 aliphatic carbocycles. The van der Waals surface area contributed by atoms with Gasteiger partial charge in [-0.05, 0) is 45.6 Å². The van der Waals surface area contributed by atoms with Gasteiger partial charge in [-0.3, -0.25) is 4.98 Å². The molecule has 1 atom stereocenters. The van der Waals surface area contributed by atoms with Crippen LogP contribution >= 0.6 is 15.9 Å². The standard InChI is InChI=1S/C14H14BrFN2O/c1-19-13-4-2-3-9(14(13)16)6-12(17)10-5-11(15)8-18-7-10/h2-5,7-8,12H,6,17H2,1H3. The predicted molar refractivity (Wildman–Crippen MR) is 75.5 cm³/mol. The highest BCUT2D eigenvalue weighted by Gasteiger charge is 2.13. The van der Waals surface area contributed by atoms with Crippen molar-refractivity contribution in [1.29, 1.82) is 0 Å². The van der Waals surface area contributed by atoms with Gasteiger partial charge in [0.25, 0.3) is 0 Å². The Morgan fingerprint density at radius 1 is 1.42 bits per heavy atom. The van der Waals surface area contributed by atoms with Crippen molar-refractivity contribution in [2.75, 3.05) is 7.11 Å². The van der Waals surface area contributed by atoms with Crippen molar-refractivity contribution >= 4 is 15.9 Å². The van der Waals surface area contributed by atoms with Crippen LogP contribution in [0.15, 0.2) is 41.1 Å². The van der Waals surface area contributed by atoms with Gasteiger partial charge in [-0.1, -0.05) is 12.1 Å². The summed E-state index contributed by atoms with van der Waals surface area (Å²) in [6.07, 6.45) is 3.76. The zero-order valence-electron chi connectivity index (χ0n) is 10.4. The minimum absolute atomic E-state index is 0.233. The van der Waals surface area contributed by atoms with Gasteiger partial charge in [-0.2, -0.15) is 0 Å². The summed E-state index contributed by atoms with van der Waals surface area (Å²) in [7, 11) is 1.44. The van der Waals surface area contributed by atoms with E-state index >= 15 is 0 Å². The Hall–Kier alpha value is -1.46. The lowest BCUT2D eigenvalue weighted by atomic mass is 10.0. The number of methoxy groups -OCH3 is 1. The summed E-state index contributed by atoms with van der Waals surface area (Å²) in [5, 5.41) is 0. The molecule has 1 unspecified atom stereocenters. The number of nitrogens with zero attached hydrogens (tertiary/aromatic N) is 1.